The molecule has 0 aromatic rings. The maximum atomic E-state index is 11.4. The molecule has 23 heavy (non-hydrogen) atoms. The van der Waals surface area contributed by atoms with Crippen LogP contribution < -0.4 is 5.73 Å². The normalized spacial score (nSPS) is 14.5. The van der Waals surface area contributed by atoms with Gasteiger partial charge in [-0.1, -0.05) is 51.5 Å². The molecule has 0 saturated heterocycles. The van der Waals surface area contributed by atoms with Gasteiger partial charge in [0.1, 0.15) is 0 Å². The van der Waals surface area contributed by atoms with Crippen molar-refractivity contribution in [2.45, 2.75) is 89.8 Å². The van der Waals surface area contributed by atoms with Crippen LogP contribution in [0.5, 0.6) is 0 Å². The van der Waals surface area contributed by atoms with Crippen LogP contribution in [0.25, 0.3) is 0 Å². The summed E-state index contributed by atoms with van der Waals surface area (Å²) in [4.78, 5) is 29.9. The number of hydrogen-bond donors (Lipinski definition) is 3. The molecule has 2 atom stereocenters. The van der Waals surface area contributed by atoms with Crippen LogP contribution in [-0.2, 0) is 9.36 Å². The Labute approximate surface area is 140 Å². The molecule has 0 radical (unpaired) electrons. The number of carbonyl (C=O) groups is 1. The summed E-state index contributed by atoms with van der Waals surface area (Å²) in [6, 6.07) is -0.474. The summed E-state index contributed by atoms with van der Waals surface area (Å²) < 4.78 is 11.3. The van der Waals surface area contributed by atoms with Gasteiger partial charge in [-0.3, -0.25) is 9.36 Å². The molecular formula is C17H34NO4P. The molecule has 0 fully saturated rings. The number of nitrogens with two attached hydrogens (primary N) is 1. The maximum Gasteiger partial charge on any atom is 0.330 e. The average molecular weight is 347 g/mol. The van der Waals surface area contributed by atoms with Crippen LogP contribution in [0.4, 0.5) is 0 Å². The first-order valence-corrected chi connectivity index (χ1v) is 10.3. The van der Waals surface area contributed by atoms with E-state index in [1.165, 1.54) is 0 Å². The Morgan fingerprint density at radius 3 is 1.87 bits per heavy atom. The zero-order chi connectivity index (χ0) is 17.9. The molecule has 0 heterocycles. The second-order valence-electron chi connectivity index (χ2n) is 6.59. The fourth-order valence-electron chi connectivity index (χ4n) is 2.65. The van der Waals surface area contributed by atoms with E-state index in [-0.39, 0.29) is 5.78 Å². The van der Waals surface area contributed by atoms with Gasteiger partial charge in [0.15, 0.2) is 5.78 Å². The van der Waals surface area contributed by atoms with Crippen molar-refractivity contribution in [1.29, 1.82) is 0 Å². The van der Waals surface area contributed by atoms with Crippen molar-refractivity contribution in [3.05, 3.63) is 12.2 Å². The van der Waals surface area contributed by atoms with Gasteiger partial charge in [-0.15, -0.1) is 0 Å². The highest BCUT2D eigenvalue weighted by molar-refractivity contribution is 7.52. The topological polar surface area (TPSA) is 101 Å². The molecule has 2 unspecified atom stereocenters. The number of carbonyl (C=O) groups excluding carboxylic acids is 1. The van der Waals surface area contributed by atoms with Gasteiger partial charge in [0, 0.05) is 12.5 Å². The minimum atomic E-state index is -4.08. The predicted molar refractivity (Wildman–Crippen MR) is 95.5 cm³/mol. The standard InChI is InChI=1S/C17H34NO4P/c1-14(2)16(19)12-10-8-6-4-5-7-9-11-13-17(15(3)18)23(20,21)22/h15,17H,1,4-13,18H2,2-3H3,(H2,20,21,22). The molecule has 0 amide bonds. The number of ketones is 1. The highest BCUT2D eigenvalue weighted by atomic mass is 31.2. The second-order valence-corrected chi connectivity index (χ2v) is 8.43. The summed E-state index contributed by atoms with van der Waals surface area (Å²) in [6.07, 6.45) is 9.40. The molecule has 0 aliphatic heterocycles. The van der Waals surface area contributed by atoms with Gasteiger partial charge in [-0.25, -0.2) is 0 Å². The Morgan fingerprint density at radius 2 is 1.48 bits per heavy atom. The molecular weight excluding hydrogens is 313 g/mol. The SMILES string of the molecule is C=C(C)C(=O)CCCCCCCCCCC(C(C)N)P(=O)(O)O. The summed E-state index contributed by atoms with van der Waals surface area (Å²) in [7, 11) is -4.08. The Bertz CT molecular complexity index is 403. The van der Waals surface area contributed by atoms with Gasteiger partial charge in [0.25, 0.3) is 0 Å². The Kier molecular flexibility index (Phi) is 11.7. The van der Waals surface area contributed by atoms with Gasteiger partial charge in [-0.05, 0) is 32.3 Å². The van der Waals surface area contributed by atoms with Crippen LogP contribution in [0.2, 0.25) is 0 Å². The third-order valence-electron chi connectivity index (χ3n) is 4.17. The fourth-order valence-corrected chi connectivity index (χ4v) is 3.78. The van der Waals surface area contributed by atoms with Crippen LogP contribution >= 0.6 is 7.60 Å². The Hall–Kier alpha value is -0.480. The summed E-state index contributed by atoms with van der Waals surface area (Å²) in [5.74, 6) is 0.166. The van der Waals surface area contributed by atoms with E-state index in [0.29, 0.717) is 18.4 Å². The third kappa shape index (κ3) is 11.7. The van der Waals surface area contributed by atoms with Gasteiger partial charge >= 0.3 is 7.60 Å². The van der Waals surface area contributed by atoms with Crippen molar-refractivity contribution >= 4 is 13.4 Å². The average Bonchev–Trinajstić information content (AvgIpc) is 2.42. The summed E-state index contributed by atoms with van der Waals surface area (Å²) >= 11 is 0. The van der Waals surface area contributed by atoms with Crippen molar-refractivity contribution in [3.8, 4) is 0 Å². The molecule has 0 spiro atoms. The minimum Gasteiger partial charge on any atom is -0.327 e. The van der Waals surface area contributed by atoms with Gasteiger partial charge < -0.3 is 15.5 Å². The van der Waals surface area contributed by atoms with Crippen LogP contribution in [-0.4, -0.2) is 27.3 Å². The van der Waals surface area contributed by atoms with Crippen LogP contribution in [0.1, 0.15) is 78.1 Å². The highest BCUT2D eigenvalue weighted by Crippen LogP contribution is 2.44. The first kappa shape index (κ1) is 22.5. The molecule has 0 aromatic carbocycles. The van der Waals surface area contributed by atoms with Gasteiger partial charge in [-0.2, -0.15) is 0 Å². The molecule has 0 bridgehead atoms. The van der Waals surface area contributed by atoms with Crippen LogP contribution in [0, 0.1) is 0 Å². The molecule has 6 heteroatoms. The molecule has 0 aliphatic carbocycles. The van der Waals surface area contributed by atoms with E-state index in [4.69, 9.17) is 5.73 Å². The highest BCUT2D eigenvalue weighted by Gasteiger charge is 2.31. The predicted octanol–water partition coefficient (Wildman–Crippen LogP) is 3.93. The molecule has 0 saturated carbocycles. The summed E-state index contributed by atoms with van der Waals surface area (Å²) in [5, 5.41) is 0. The van der Waals surface area contributed by atoms with Crippen molar-refractivity contribution in [2.24, 2.45) is 5.73 Å². The van der Waals surface area contributed by atoms with E-state index in [2.05, 4.69) is 6.58 Å². The number of rotatable bonds is 14. The lowest BCUT2D eigenvalue weighted by Gasteiger charge is -2.21. The summed E-state index contributed by atoms with van der Waals surface area (Å²) in [6.45, 7) is 7.05. The Morgan fingerprint density at radius 1 is 1.04 bits per heavy atom. The van der Waals surface area contributed by atoms with Crippen LogP contribution in [0.15, 0.2) is 12.2 Å². The second kappa shape index (κ2) is 12.0. The van der Waals surface area contributed by atoms with E-state index in [1.54, 1.807) is 13.8 Å². The van der Waals surface area contributed by atoms with Crippen molar-refractivity contribution in [1.82, 2.24) is 0 Å². The van der Waals surface area contributed by atoms with E-state index < -0.39 is 19.3 Å². The number of unbranched alkanes of at least 4 members (excludes halogenated alkanes) is 7. The smallest absolute Gasteiger partial charge is 0.327 e. The molecule has 136 valence electrons. The molecule has 0 rings (SSSR count). The Balaban J connectivity index is 3.55. The van der Waals surface area contributed by atoms with E-state index in [9.17, 15) is 19.1 Å². The number of hydrogen-bond acceptors (Lipinski definition) is 3. The van der Waals surface area contributed by atoms with Crippen molar-refractivity contribution in [3.63, 3.8) is 0 Å². The van der Waals surface area contributed by atoms with Crippen LogP contribution in [0.3, 0.4) is 0 Å². The van der Waals surface area contributed by atoms with E-state index in [1.807, 2.05) is 0 Å². The lowest BCUT2D eigenvalue weighted by atomic mass is 10.0. The maximum absolute atomic E-state index is 11.4. The summed E-state index contributed by atoms with van der Waals surface area (Å²) in [5.41, 5.74) is 5.58. The number of allylic oxidation sites excluding steroid dienone is 1. The van der Waals surface area contributed by atoms with E-state index in [0.717, 1.165) is 51.4 Å². The molecule has 5 nitrogen and oxygen atoms in total. The van der Waals surface area contributed by atoms with Crippen molar-refractivity contribution < 1.29 is 19.1 Å². The van der Waals surface area contributed by atoms with Gasteiger partial charge in [0.05, 0.1) is 5.66 Å². The first-order valence-electron chi connectivity index (χ1n) is 8.65. The largest absolute Gasteiger partial charge is 0.330 e. The first-order chi connectivity index (χ1) is 10.7. The lowest BCUT2D eigenvalue weighted by Crippen LogP contribution is -2.31. The molecule has 0 aliphatic rings. The van der Waals surface area contributed by atoms with E-state index >= 15 is 0 Å². The third-order valence-corrected chi connectivity index (χ3v) is 5.76. The van der Waals surface area contributed by atoms with Gasteiger partial charge in [0.2, 0.25) is 0 Å². The zero-order valence-corrected chi connectivity index (χ0v) is 15.6. The zero-order valence-electron chi connectivity index (χ0n) is 14.7. The molecule has 4 N–H and O–H groups in total. The molecule has 0 aromatic heterocycles. The minimum absolute atomic E-state index is 0.166. The number of Topliss-reactive ketones (excluding diaryl/α,β-unsaturated/α-hetero) is 1. The lowest BCUT2D eigenvalue weighted by molar-refractivity contribution is -0.115. The fraction of sp³-hybridized carbons (Fsp3) is 0.824. The quantitative estimate of drug-likeness (QED) is 0.251. The van der Waals surface area contributed by atoms with Crippen molar-refractivity contribution in [2.75, 3.05) is 0 Å². The monoisotopic (exact) mass is 347 g/mol.